The molecule has 21 heavy (non-hydrogen) atoms. The van der Waals surface area contributed by atoms with E-state index >= 15 is 0 Å². The maximum absolute atomic E-state index is 5.41. The van der Waals surface area contributed by atoms with Gasteiger partial charge in [0.05, 0.1) is 6.04 Å². The molecule has 6 nitrogen and oxygen atoms in total. The van der Waals surface area contributed by atoms with Crippen molar-refractivity contribution < 1.29 is 4.52 Å². The fourth-order valence-corrected chi connectivity index (χ4v) is 2.64. The lowest BCUT2D eigenvalue weighted by Gasteiger charge is -2.23. The van der Waals surface area contributed by atoms with Crippen molar-refractivity contribution in [1.82, 2.24) is 25.2 Å². The van der Waals surface area contributed by atoms with Gasteiger partial charge >= 0.3 is 0 Å². The van der Waals surface area contributed by atoms with Crippen LogP contribution in [-0.4, -0.2) is 19.9 Å². The molecule has 0 spiro atoms. The maximum Gasteiger partial charge on any atom is 0.244 e. The van der Waals surface area contributed by atoms with Crippen molar-refractivity contribution in [3.8, 4) is 11.5 Å². The molecule has 3 heterocycles. The first-order valence-corrected chi connectivity index (χ1v) is 6.93. The summed E-state index contributed by atoms with van der Waals surface area (Å²) in [5.74, 6) is 1.15. The Bertz CT molecular complexity index is 776. The van der Waals surface area contributed by atoms with Crippen LogP contribution in [0.4, 0.5) is 0 Å². The van der Waals surface area contributed by atoms with Crippen LogP contribution in [0.15, 0.2) is 41.1 Å². The predicted octanol–water partition coefficient (Wildman–Crippen LogP) is 1.86. The molecule has 0 fully saturated rings. The molecule has 1 aliphatic rings. The molecule has 0 bridgehead atoms. The third kappa shape index (κ3) is 2.23. The molecule has 4 rings (SSSR count). The monoisotopic (exact) mass is 281 g/mol. The summed E-state index contributed by atoms with van der Waals surface area (Å²) in [6, 6.07) is 10.4. The van der Waals surface area contributed by atoms with E-state index in [0.717, 1.165) is 18.7 Å². The largest absolute Gasteiger partial charge is 0.337 e. The van der Waals surface area contributed by atoms with Gasteiger partial charge in [0.15, 0.2) is 0 Å². The van der Waals surface area contributed by atoms with Gasteiger partial charge in [-0.2, -0.15) is 10.1 Å². The summed E-state index contributed by atoms with van der Waals surface area (Å²) in [7, 11) is 1.87. The number of hydrogen-bond donors (Lipinski definition) is 1. The molecule has 0 aliphatic carbocycles. The van der Waals surface area contributed by atoms with Crippen molar-refractivity contribution in [2.45, 2.75) is 19.0 Å². The van der Waals surface area contributed by atoms with Crippen LogP contribution < -0.4 is 5.32 Å². The summed E-state index contributed by atoms with van der Waals surface area (Å²) in [5.41, 5.74) is 3.39. The summed E-state index contributed by atoms with van der Waals surface area (Å²) in [6.45, 7) is 0.822. The van der Waals surface area contributed by atoms with E-state index in [1.807, 2.05) is 19.3 Å². The molecular weight excluding hydrogens is 266 g/mol. The minimum absolute atomic E-state index is 0.0601. The minimum atomic E-state index is 0.0601. The van der Waals surface area contributed by atoms with Gasteiger partial charge in [0.2, 0.25) is 11.7 Å². The van der Waals surface area contributed by atoms with Crippen LogP contribution in [0.5, 0.6) is 0 Å². The summed E-state index contributed by atoms with van der Waals surface area (Å²) >= 11 is 0. The van der Waals surface area contributed by atoms with E-state index in [1.165, 1.54) is 11.1 Å². The first-order chi connectivity index (χ1) is 10.3. The van der Waals surface area contributed by atoms with Crippen LogP contribution in [0, 0.1) is 0 Å². The van der Waals surface area contributed by atoms with E-state index in [1.54, 1.807) is 4.68 Å². The van der Waals surface area contributed by atoms with Crippen molar-refractivity contribution in [3.63, 3.8) is 0 Å². The van der Waals surface area contributed by atoms with Crippen molar-refractivity contribution in [3.05, 3.63) is 53.5 Å². The highest BCUT2D eigenvalue weighted by Crippen LogP contribution is 2.26. The Balaban J connectivity index is 1.60. The second kappa shape index (κ2) is 4.82. The molecule has 1 N–H and O–H groups in total. The molecular formula is C15H15N5O. The summed E-state index contributed by atoms with van der Waals surface area (Å²) in [4.78, 5) is 4.47. The third-order valence-electron chi connectivity index (χ3n) is 3.76. The van der Waals surface area contributed by atoms with Gasteiger partial charge in [0.1, 0.15) is 5.69 Å². The Morgan fingerprint density at radius 2 is 2.10 bits per heavy atom. The number of aryl methyl sites for hydroxylation is 1. The Hall–Kier alpha value is -2.47. The first-order valence-electron chi connectivity index (χ1n) is 6.93. The Labute approximate surface area is 121 Å². The quantitative estimate of drug-likeness (QED) is 0.776. The Kier molecular flexibility index (Phi) is 2.82. The lowest BCUT2D eigenvalue weighted by molar-refractivity contribution is 0.321. The highest BCUT2D eigenvalue weighted by molar-refractivity contribution is 5.46. The van der Waals surface area contributed by atoms with E-state index in [4.69, 9.17) is 4.52 Å². The molecule has 0 radical (unpaired) electrons. The number of aromatic nitrogens is 4. The number of rotatable bonds is 2. The van der Waals surface area contributed by atoms with Gasteiger partial charge in [-0.3, -0.25) is 4.68 Å². The lowest BCUT2D eigenvalue weighted by atomic mass is 9.96. The lowest BCUT2D eigenvalue weighted by Crippen LogP contribution is -2.28. The van der Waals surface area contributed by atoms with Gasteiger partial charge in [0, 0.05) is 19.8 Å². The van der Waals surface area contributed by atoms with Crippen LogP contribution in [0.3, 0.4) is 0 Å². The zero-order valence-corrected chi connectivity index (χ0v) is 11.7. The number of nitrogens with zero attached hydrogens (tertiary/aromatic N) is 4. The SMILES string of the molecule is Cn1ccc(-c2noc([C@@H]3Cc4ccccc4CN3)n2)n1. The van der Waals surface area contributed by atoms with Crippen LogP contribution in [0.25, 0.3) is 11.5 Å². The zero-order chi connectivity index (χ0) is 14.2. The third-order valence-corrected chi connectivity index (χ3v) is 3.76. The molecule has 1 aromatic carbocycles. The van der Waals surface area contributed by atoms with Crippen LogP contribution in [-0.2, 0) is 20.0 Å². The van der Waals surface area contributed by atoms with Crippen LogP contribution in [0.1, 0.15) is 23.1 Å². The van der Waals surface area contributed by atoms with Crippen LogP contribution in [0.2, 0.25) is 0 Å². The zero-order valence-electron chi connectivity index (χ0n) is 11.7. The van der Waals surface area contributed by atoms with Gasteiger partial charge in [-0.1, -0.05) is 29.4 Å². The average Bonchev–Trinajstić information content (AvgIpc) is 3.15. The number of hydrogen-bond acceptors (Lipinski definition) is 5. The van der Waals surface area contributed by atoms with Crippen molar-refractivity contribution in [1.29, 1.82) is 0 Å². The average molecular weight is 281 g/mol. The van der Waals surface area contributed by atoms with E-state index in [0.29, 0.717) is 11.7 Å². The van der Waals surface area contributed by atoms with Gasteiger partial charge in [-0.25, -0.2) is 0 Å². The molecule has 106 valence electrons. The highest BCUT2D eigenvalue weighted by Gasteiger charge is 2.24. The van der Waals surface area contributed by atoms with Gasteiger partial charge < -0.3 is 9.84 Å². The van der Waals surface area contributed by atoms with Gasteiger partial charge in [0.25, 0.3) is 0 Å². The topological polar surface area (TPSA) is 68.8 Å². The van der Waals surface area contributed by atoms with Crippen molar-refractivity contribution in [2.24, 2.45) is 7.05 Å². The Morgan fingerprint density at radius 3 is 2.90 bits per heavy atom. The van der Waals surface area contributed by atoms with E-state index in [2.05, 4.69) is 44.8 Å². The molecule has 6 heteroatoms. The molecule has 0 saturated carbocycles. The second-order valence-corrected chi connectivity index (χ2v) is 5.24. The van der Waals surface area contributed by atoms with Crippen LogP contribution >= 0.6 is 0 Å². The number of nitrogens with one attached hydrogen (secondary N) is 1. The molecule has 0 unspecified atom stereocenters. The molecule has 3 aromatic rings. The minimum Gasteiger partial charge on any atom is -0.337 e. The number of fused-ring (bicyclic) bond motifs is 1. The highest BCUT2D eigenvalue weighted by atomic mass is 16.5. The first kappa shape index (κ1) is 12.3. The van der Waals surface area contributed by atoms with E-state index < -0.39 is 0 Å². The fourth-order valence-electron chi connectivity index (χ4n) is 2.64. The molecule has 2 aromatic heterocycles. The molecule has 0 saturated heterocycles. The Morgan fingerprint density at radius 1 is 1.24 bits per heavy atom. The predicted molar refractivity (Wildman–Crippen MR) is 76.2 cm³/mol. The van der Waals surface area contributed by atoms with Crippen molar-refractivity contribution >= 4 is 0 Å². The van der Waals surface area contributed by atoms with Gasteiger partial charge in [-0.15, -0.1) is 0 Å². The smallest absolute Gasteiger partial charge is 0.244 e. The standard InChI is InChI=1S/C15H15N5O/c1-20-7-6-12(18-20)14-17-15(21-19-14)13-8-10-4-2-3-5-11(10)9-16-13/h2-7,13,16H,8-9H2,1H3/t13-/m0/s1. The maximum atomic E-state index is 5.41. The van der Waals surface area contributed by atoms with E-state index in [9.17, 15) is 0 Å². The number of benzene rings is 1. The molecule has 1 aliphatic heterocycles. The van der Waals surface area contributed by atoms with Crippen molar-refractivity contribution in [2.75, 3.05) is 0 Å². The summed E-state index contributed by atoms with van der Waals surface area (Å²) < 4.78 is 7.13. The normalized spacial score (nSPS) is 17.7. The fraction of sp³-hybridized carbons (Fsp3) is 0.267. The summed E-state index contributed by atoms with van der Waals surface area (Å²) in [6.07, 6.45) is 2.72. The summed E-state index contributed by atoms with van der Waals surface area (Å²) in [5, 5.41) is 11.8. The van der Waals surface area contributed by atoms with E-state index in [-0.39, 0.29) is 6.04 Å². The molecule has 1 atom stereocenters. The molecule has 0 amide bonds. The second-order valence-electron chi connectivity index (χ2n) is 5.24. The van der Waals surface area contributed by atoms with Gasteiger partial charge in [-0.05, 0) is 23.6 Å².